The molecule has 0 radical (unpaired) electrons. The molecule has 2 atom stereocenters. The van der Waals surface area contributed by atoms with Crippen molar-refractivity contribution in [3.8, 4) is 0 Å². The number of β-lactam (4-membered cyclic amide) rings is 1. The molecule has 0 spiro atoms. The van der Waals surface area contributed by atoms with Gasteiger partial charge in [0.2, 0.25) is 5.91 Å². The molecule has 27 heavy (non-hydrogen) atoms. The molecule has 0 aromatic carbocycles. The number of carbonyl (C=O) groups is 4. The molecule has 2 aliphatic rings. The molecule has 0 aliphatic carbocycles. The first-order chi connectivity index (χ1) is 12.7. The fourth-order valence-corrected chi connectivity index (χ4v) is 5.20. The lowest BCUT2D eigenvalue weighted by molar-refractivity contribution is -0.157. The maximum absolute atomic E-state index is 12.7. The van der Waals surface area contributed by atoms with Crippen LogP contribution in [-0.4, -0.2) is 57.2 Å². The van der Waals surface area contributed by atoms with Gasteiger partial charge in [0.25, 0.3) is 5.91 Å². The molecule has 11 heteroatoms. The lowest BCUT2D eigenvalue weighted by Gasteiger charge is -2.55. The molecule has 144 valence electrons. The fourth-order valence-electron chi connectivity index (χ4n) is 3.08. The standard InChI is InChI=1S/C16H17N3O6S2/c1-16(18-10(20)5-9-3-2-4-26-9)13(23)19-11(12(21)22)8(6-25-15(17)24)7-27-14(16)19/h2-4,14H,5-7H2,1H3,(H2,17,24)(H,18,20)(H,21,22)/t14-,16+/m0/s1. The summed E-state index contributed by atoms with van der Waals surface area (Å²) in [5.74, 6) is -1.89. The van der Waals surface area contributed by atoms with Crippen molar-refractivity contribution in [3.05, 3.63) is 33.7 Å². The molecular formula is C16H17N3O6S2. The Hall–Kier alpha value is -2.53. The summed E-state index contributed by atoms with van der Waals surface area (Å²) >= 11 is 2.73. The van der Waals surface area contributed by atoms with Gasteiger partial charge < -0.3 is 20.9 Å². The summed E-state index contributed by atoms with van der Waals surface area (Å²) in [6.07, 6.45) is -0.878. The lowest BCUT2D eigenvalue weighted by Crippen LogP contribution is -2.78. The van der Waals surface area contributed by atoms with Crippen molar-refractivity contribution >= 4 is 47.0 Å². The highest BCUT2D eigenvalue weighted by Crippen LogP contribution is 2.46. The van der Waals surface area contributed by atoms with Crippen LogP contribution in [0.3, 0.4) is 0 Å². The van der Waals surface area contributed by atoms with E-state index in [4.69, 9.17) is 5.73 Å². The molecule has 3 heterocycles. The number of primary amides is 1. The molecule has 1 aromatic heterocycles. The van der Waals surface area contributed by atoms with Gasteiger partial charge in [-0.15, -0.1) is 23.1 Å². The van der Waals surface area contributed by atoms with Crippen molar-refractivity contribution in [2.24, 2.45) is 5.73 Å². The number of thiophene rings is 1. The number of aliphatic carboxylic acids is 1. The van der Waals surface area contributed by atoms with Gasteiger partial charge in [-0.2, -0.15) is 0 Å². The van der Waals surface area contributed by atoms with Crippen LogP contribution in [0.25, 0.3) is 0 Å². The van der Waals surface area contributed by atoms with Crippen LogP contribution in [0.2, 0.25) is 0 Å². The Kier molecular flexibility index (Phi) is 5.16. The number of nitrogens with zero attached hydrogens (tertiary/aromatic N) is 1. The summed E-state index contributed by atoms with van der Waals surface area (Å²) in [5.41, 5.74) is 3.78. The number of thioether (sulfide) groups is 1. The van der Waals surface area contributed by atoms with Crippen molar-refractivity contribution in [1.82, 2.24) is 10.2 Å². The Bertz CT molecular complexity index is 837. The highest BCUT2D eigenvalue weighted by Gasteiger charge is 2.62. The van der Waals surface area contributed by atoms with Crippen LogP contribution in [-0.2, 0) is 25.5 Å². The minimum Gasteiger partial charge on any atom is -0.477 e. The number of nitrogens with one attached hydrogen (secondary N) is 1. The van der Waals surface area contributed by atoms with Crippen LogP contribution in [0, 0.1) is 0 Å². The number of carboxylic acids is 1. The van der Waals surface area contributed by atoms with Gasteiger partial charge in [0.1, 0.15) is 23.2 Å². The summed E-state index contributed by atoms with van der Waals surface area (Å²) in [7, 11) is 0. The fraction of sp³-hybridized carbons (Fsp3) is 0.375. The van der Waals surface area contributed by atoms with E-state index >= 15 is 0 Å². The summed E-state index contributed by atoms with van der Waals surface area (Å²) in [6.45, 7) is 1.28. The normalized spacial score (nSPS) is 24.1. The Labute approximate surface area is 162 Å². The second kappa shape index (κ2) is 7.24. The van der Waals surface area contributed by atoms with E-state index in [1.807, 2.05) is 17.5 Å². The third-order valence-corrected chi connectivity index (χ3v) is 6.68. The molecule has 0 unspecified atom stereocenters. The van der Waals surface area contributed by atoms with Gasteiger partial charge >= 0.3 is 12.1 Å². The van der Waals surface area contributed by atoms with E-state index in [2.05, 4.69) is 10.1 Å². The number of amides is 3. The lowest BCUT2D eigenvalue weighted by atomic mass is 9.88. The summed E-state index contributed by atoms with van der Waals surface area (Å²) in [6, 6.07) is 3.66. The SMILES string of the molecule is C[C@@]1(NC(=O)Cc2cccs2)C(=O)N2C(C(=O)O)=C(COC(N)=O)CS[C@H]21. The van der Waals surface area contributed by atoms with E-state index in [1.54, 1.807) is 6.92 Å². The average molecular weight is 411 g/mol. The van der Waals surface area contributed by atoms with Gasteiger partial charge in [-0.05, 0) is 18.4 Å². The van der Waals surface area contributed by atoms with Crippen molar-refractivity contribution in [2.75, 3.05) is 12.4 Å². The predicted octanol–water partition coefficient (Wildman–Crippen LogP) is 0.515. The molecule has 0 saturated carbocycles. The molecule has 0 bridgehead atoms. The molecule has 1 aromatic rings. The molecule has 1 fully saturated rings. The number of rotatable bonds is 6. The zero-order chi connectivity index (χ0) is 19.8. The van der Waals surface area contributed by atoms with Crippen molar-refractivity contribution in [2.45, 2.75) is 24.3 Å². The summed E-state index contributed by atoms with van der Waals surface area (Å²) < 4.78 is 4.68. The Balaban J connectivity index is 1.76. The van der Waals surface area contributed by atoms with E-state index in [1.165, 1.54) is 23.1 Å². The van der Waals surface area contributed by atoms with Crippen LogP contribution >= 0.6 is 23.1 Å². The minimum atomic E-state index is -1.30. The molecular weight excluding hydrogens is 394 g/mol. The maximum Gasteiger partial charge on any atom is 0.404 e. The topological polar surface area (TPSA) is 139 Å². The molecule has 2 aliphatic heterocycles. The summed E-state index contributed by atoms with van der Waals surface area (Å²) in [5, 5.41) is 13.6. The van der Waals surface area contributed by atoms with Crippen LogP contribution in [0.4, 0.5) is 4.79 Å². The Morgan fingerprint density at radius 1 is 1.48 bits per heavy atom. The van der Waals surface area contributed by atoms with Crippen LogP contribution < -0.4 is 11.1 Å². The predicted molar refractivity (Wildman–Crippen MR) is 97.9 cm³/mol. The Morgan fingerprint density at radius 3 is 2.81 bits per heavy atom. The van der Waals surface area contributed by atoms with Gasteiger partial charge in [-0.25, -0.2) is 9.59 Å². The van der Waals surface area contributed by atoms with Gasteiger partial charge in [-0.1, -0.05) is 6.07 Å². The van der Waals surface area contributed by atoms with Crippen LogP contribution in [0.1, 0.15) is 11.8 Å². The first-order valence-corrected chi connectivity index (χ1v) is 9.83. The van der Waals surface area contributed by atoms with Gasteiger partial charge in [0.15, 0.2) is 0 Å². The quantitative estimate of drug-likeness (QED) is 0.580. The van der Waals surface area contributed by atoms with E-state index in [0.717, 1.165) is 9.78 Å². The largest absolute Gasteiger partial charge is 0.477 e. The van der Waals surface area contributed by atoms with Gasteiger partial charge in [0, 0.05) is 16.2 Å². The zero-order valence-electron chi connectivity index (χ0n) is 14.3. The van der Waals surface area contributed by atoms with Crippen LogP contribution in [0.5, 0.6) is 0 Å². The summed E-state index contributed by atoms with van der Waals surface area (Å²) in [4.78, 5) is 49.5. The van der Waals surface area contributed by atoms with E-state index < -0.39 is 28.9 Å². The van der Waals surface area contributed by atoms with Gasteiger partial charge in [-0.3, -0.25) is 14.5 Å². The van der Waals surface area contributed by atoms with E-state index in [9.17, 15) is 24.3 Å². The number of fused-ring (bicyclic) bond motifs is 1. The number of hydrogen-bond donors (Lipinski definition) is 3. The van der Waals surface area contributed by atoms with E-state index in [0.29, 0.717) is 0 Å². The molecule has 1 saturated heterocycles. The Morgan fingerprint density at radius 2 is 2.22 bits per heavy atom. The molecule has 4 N–H and O–H groups in total. The number of nitrogens with two attached hydrogens (primary N) is 1. The number of carboxylic acid groups (broad SMARTS) is 1. The van der Waals surface area contributed by atoms with Crippen molar-refractivity contribution in [1.29, 1.82) is 0 Å². The number of ether oxygens (including phenoxy) is 1. The maximum atomic E-state index is 12.7. The van der Waals surface area contributed by atoms with Crippen LogP contribution in [0.15, 0.2) is 28.8 Å². The highest BCUT2D eigenvalue weighted by molar-refractivity contribution is 8.00. The third kappa shape index (κ3) is 3.52. The highest BCUT2D eigenvalue weighted by atomic mass is 32.2. The second-order valence-electron chi connectivity index (χ2n) is 6.21. The average Bonchev–Trinajstić information content (AvgIpc) is 3.11. The smallest absolute Gasteiger partial charge is 0.404 e. The first kappa shape index (κ1) is 19.2. The molecule has 3 amide bonds. The van der Waals surface area contributed by atoms with Crippen molar-refractivity contribution < 1.29 is 29.0 Å². The first-order valence-electron chi connectivity index (χ1n) is 7.90. The molecule has 3 rings (SSSR count). The number of carbonyl (C=O) groups excluding carboxylic acids is 3. The minimum absolute atomic E-state index is 0.150. The zero-order valence-corrected chi connectivity index (χ0v) is 15.9. The number of hydrogen-bond acceptors (Lipinski definition) is 7. The van der Waals surface area contributed by atoms with Gasteiger partial charge in [0.05, 0.1) is 6.42 Å². The second-order valence-corrected chi connectivity index (χ2v) is 8.31. The van der Waals surface area contributed by atoms with Crippen molar-refractivity contribution in [3.63, 3.8) is 0 Å². The third-order valence-electron chi connectivity index (χ3n) is 4.29. The monoisotopic (exact) mass is 411 g/mol. The molecule has 9 nitrogen and oxygen atoms in total. The van der Waals surface area contributed by atoms with E-state index in [-0.39, 0.29) is 36.0 Å².